The Kier molecular flexibility index (Phi) is 6.80. The number of carbonyl (C=O) groups is 2. The highest BCUT2D eigenvalue weighted by atomic mass is 32.1. The van der Waals surface area contributed by atoms with Crippen molar-refractivity contribution in [2.45, 2.75) is 31.8 Å². The number of benzene rings is 2. The Bertz CT molecular complexity index is 1360. The monoisotopic (exact) mass is 535 g/mol. The minimum Gasteiger partial charge on any atom is -0.454 e. The highest BCUT2D eigenvalue weighted by molar-refractivity contribution is 7.10. The molecular weight excluding hydrogens is 505 g/mol. The lowest BCUT2D eigenvalue weighted by Gasteiger charge is -2.41. The lowest BCUT2D eigenvalue weighted by atomic mass is 9.93. The van der Waals surface area contributed by atoms with Crippen LogP contribution in [-0.2, 0) is 11.2 Å². The predicted octanol–water partition coefficient (Wildman–Crippen LogP) is 4.33. The maximum absolute atomic E-state index is 14.1. The highest BCUT2D eigenvalue weighted by Gasteiger charge is 2.33. The summed E-state index contributed by atoms with van der Waals surface area (Å²) in [5, 5.41) is 2.09. The van der Waals surface area contributed by atoms with Crippen LogP contribution in [-0.4, -0.2) is 72.1 Å². The van der Waals surface area contributed by atoms with Gasteiger partial charge < -0.3 is 19.3 Å². The molecule has 7 nitrogen and oxygen atoms in total. The van der Waals surface area contributed by atoms with Crippen LogP contribution in [0.4, 0.5) is 4.39 Å². The minimum absolute atomic E-state index is 0.0522. The molecule has 6 rings (SSSR count). The molecule has 9 heteroatoms. The molecule has 2 aromatic carbocycles. The van der Waals surface area contributed by atoms with Gasteiger partial charge in [-0.2, -0.15) is 0 Å². The van der Waals surface area contributed by atoms with E-state index in [9.17, 15) is 14.0 Å². The van der Waals surface area contributed by atoms with Gasteiger partial charge in [0.1, 0.15) is 5.82 Å². The van der Waals surface area contributed by atoms with E-state index < -0.39 is 0 Å². The molecule has 1 saturated heterocycles. The summed E-state index contributed by atoms with van der Waals surface area (Å²) >= 11 is 1.74. The summed E-state index contributed by atoms with van der Waals surface area (Å²) in [6.45, 7) is 5.05. The van der Waals surface area contributed by atoms with Gasteiger partial charge in [0.05, 0.1) is 6.04 Å². The number of nitrogens with zero attached hydrogens (tertiary/aromatic N) is 3. The van der Waals surface area contributed by atoms with Crippen LogP contribution in [0.3, 0.4) is 0 Å². The first kappa shape index (κ1) is 24.9. The van der Waals surface area contributed by atoms with Crippen molar-refractivity contribution in [3.63, 3.8) is 0 Å². The quantitative estimate of drug-likeness (QED) is 0.487. The molecule has 198 valence electrons. The van der Waals surface area contributed by atoms with Crippen molar-refractivity contribution in [2.75, 3.05) is 39.5 Å². The van der Waals surface area contributed by atoms with E-state index in [2.05, 4.69) is 16.3 Å². The summed E-state index contributed by atoms with van der Waals surface area (Å²) in [6, 6.07) is 14.0. The third-order valence-corrected chi connectivity index (χ3v) is 8.70. The lowest BCUT2D eigenvalue weighted by molar-refractivity contribution is -0.134. The maximum Gasteiger partial charge on any atom is 0.254 e. The van der Waals surface area contributed by atoms with Crippen molar-refractivity contribution >= 4 is 23.2 Å². The van der Waals surface area contributed by atoms with Gasteiger partial charge in [-0.1, -0.05) is 12.1 Å². The first-order chi connectivity index (χ1) is 18.5. The van der Waals surface area contributed by atoms with Gasteiger partial charge in [-0.15, -0.1) is 11.3 Å². The topological polar surface area (TPSA) is 62.3 Å². The van der Waals surface area contributed by atoms with Crippen LogP contribution in [0.15, 0.2) is 53.9 Å². The predicted molar refractivity (Wildman–Crippen MR) is 142 cm³/mol. The fourth-order valence-corrected chi connectivity index (χ4v) is 6.66. The van der Waals surface area contributed by atoms with Gasteiger partial charge in [0.15, 0.2) is 11.5 Å². The van der Waals surface area contributed by atoms with Gasteiger partial charge in [0.2, 0.25) is 12.7 Å². The molecule has 0 unspecified atom stereocenters. The average molecular weight is 536 g/mol. The molecule has 2 atom stereocenters. The van der Waals surface area contributed by atoms with Gasteiger partial charge in [0, 0.05) is 55.6 Å². The maximum atomic E-state index is 14.1. The van der Waals surface area contributed by atoms with Crippen LogP contribution in [0.1, 0.15) is 45.7 Å². The molecule has 3 aromatic rings. The fraction of sp³-hybridized carbons (Fsp3) is 0.379. The van der Waals surface area contributed by atoms with E-state index in [-0.39, 0.29) is 36.5 Å². The Morgan fingerprint density at radius 2 is 1.92 bits per heavy atom. The molecule has 1 aromatic heterocycles. The third kappa shape index (κ3) is 4.76. The van der Waals surface area contributed by atoms with E-state index >= 15 is 0 Å². The molecule has 0 N–H and O–H groups in total. The Morgan fingerprint density at radius 3 is 2.76 bits per heavy atom. The van der Waals surface area contributed by atoms with Crippen LogP contribution < -0.4 is 9.47 Å². The van der Waals surface area contributed by atoms with Gasteiger partial charge in [-0.25, -0.2) is 4.39 Å². The molecule has 1 fully saturated rings. The zero-order chi connectivity index (χ0) is 26.2. The molecule has 0 bridgehead atoms. The molecule has 0 saturated carbocycles. The van der Waals surface area contributed by atoms with Crippen molar-refractivity contribution < 1.29 is 23.5 Å². The van der Waals surface area contributed by atoms with Crippen LogP contribution in [0.5, 0.6) is 11.5 Å². The molecule has 0 aliphatic carbocycles. The highest BCUT2D eigenvalue weighted by Crippen LogP contribution is 2.38. The van der Waals surface area contributed by atoms with Gasteiger partial charge in [-0.3, -0.25) is 14.5 Å². The van der Waals surface area contributed by atoms with E-state index in [1.807, 2.05) is 22.8 Å². The fourth-order valence-electron chi connectivity index (χ4n) is 5.75. The van der Waals surface area contributed by atoms with Crippen LogP contribution in [0.25, 0.3) is 0 Å². The molecule has 0 radical (unpaired) electrons. The number of amides is 2. The van der Waals surface area contributed by atoms with E-state index in [0.29, 0.717) is 49.7 Å². The summed E-state index contributed by atoms with van der Waals surface area (Å²) in [5.74, 6) is 1.000. The first-order valence-electron chi connectivity index (χ1n) is 13.0. The Balaban J connectivity index is 1.09. The largest absolute Gasteiger partial charge is 0.454 e. The number of thiophene rings is 1. The SMILES string of the molecule is C[C@H]1CN(C(=O)CCN2CCc3sccc3[C@@H]2c2cccc(F)c2)CCN1C(=O)c1ccc2c(c1)OCO2. The summed E-state index contributed by atoms with van der Waals surface area (Å²) in [6.07, 6.45) is 1.32. The van der Waals surface area contributed by atoms with Gasteiger partial charge in [-0.05, 0) is 66.2 Å². The molecule has 3 aliphatic heterocycles. The molecule has 0 spiro atoms. The van der Waals surface area contributed by atoms with Crippen LogP contribution >= 0.6 is 11.3 Å². The number of carbonyl (C=O) groups excluding carboxylic acids is 2. The van der Waals surface area contributed by atoms with Crippen molar-refractivity contribution in [2.24, 2.45) is 0 Å². The zero-order valence-electron chi connectivity index (χ0n) is 21.3. The Hall–Kier alpha value is -3.43. The minimum atomic E-state index is -0.247. The van der Waals surface area contributed by atoms with Crippen LogP contribution in [0, 0.1) is 5.82 Å². The molecule has 2 amide bonds. The standard InChI is InChI=1S/C29H30FN3O4S/c1-19-17-32(12-13-33(19)29(35)21-5-6-24-25(16-21)37-18-36-24)27(34)8-11-31-10-7-26-23(9-14-38-26)28(31)20-3-2-4-22(30)15-20/h2-6,9,14-16,19,28H,7-8,10-13,17-18H2,1H3/t19-,28-/m0/s1. The summed E-state index contributed by atoms with van der Waals surface area (Å²) in [5.41, 5.74) is 2.69. The number of fused-ring (bicyclic) bond motifs is 2. The van der Waals surface area contributed by atoms with Crippen molar-refractivity contribution in [1.82, 2.24) is 14.7 Å². The van der Waals surface area contributed by atoms with Gasteiger partial charge >= 0.3 is 0 Å². The molecule has 38 heavy (non-hydrogen) atoms. The van der Waals surface area contributed by atoms with E-state index in [1.54, 1.807) is 41.7 Å². The molecule has 4 heterocycles. The number of piperazine rings is 1. The van der Waals surface area contributed by atoms with Crippen molar-refractivity contribution in [1.29, 1.82) is 0 Å². The third-order valence-electron chi connectivity index (χ3n) is 7.70. The van der Waals surface area contributed by atoms with Gasteiger partial charge in [0.25, 0.3) is 5.91 Å². The Labute approximate surface area is 225 Å². The summed E-state index contributed by atoms with van der Waals surface area (Å²) < 4.78 is 24.8. The second-order valence-corrected chi connectivity index (χ2v) is 11.0. The molecule has 3 aliphatic rings. The summed E-state index contributed by atoms with van der Waals surface area (Å²) in [4.78, 5) is 33.8. The Morgan fingerprint density at radius 1 is 1.05 bits per heavy atom. The van der Waals surface area contributed by atoms with Crippen molar-refractivity contribution in [3.05, 3.63) is 81.3 Å². The molecular formula is C29H30FN3O4S. The van der Waals surface area contributed by atoms with E-state index in [0.717, 1.165) is 18.5 Å². The van der Waals surface area contributed by atoms with E-state index in [1.165, 1.54) is 16.5 Å². The zero-order valence-corrected chi connectivity index (χ0v) is 22.1. The van der Waals surface area contributed by atoms with Crippen LogP contribution in [0.2, 0.25) is 0 Å². The van der Waals surface area contributed by atoms with E-state index in [4.69, 9.17) is 9.47 Å². The number of ether oxygens (including phenoxy) is 2. The number of hydrogen-bond acceptors (Lipinski definition) is 6. The number of halogens is 1. The number of rotatable bonds is 5. The lowest BCUT2D eigenvalue weighted by Crippen LogP contribution is -2.55. The smallest absolute Gasteiger partial charge is 0.254 e. The van der Waals surface area contributed by atoms with Crippen molar-refractivity contribution in [3.8, 4) is 11.5 Å². The average Bonchev–Trinajstić information content (AvgIpc) is 3.60. The normalized spacial score (nSPS) is 20.9. The first-order valence-corrected chi connectivity index (χ1v) is 13.9. The second kappa shape index (κ2) is 10.4. The second-order valence-electron chi connectivity index (χ2n) is 10.0. The number of hydrogen-bond donors (Lipinski definition) is 0. The summed E-state index contributed by atoms with van der Waals surface area (Å²) in [7, 11) is 0.